The van der Waals surface area contributed by atoms with Gasteiger partial charge in [0.25, 0.3) is 0 Å². The van der Waals surface area contributed by atoms with Crippen LogP contribution in [0.5, 0.6) is 0 Å². The molecular formula is C6H14N3O3P. The van der Waals surface area contributed by atoms with Crippen molar-refractivity contribution in [1.29, 1.82) is 5.15 Å². The monoisotopic (exact) mass is 208 g/mol. The van der Waals surface area contributed by atoms with E-state index in [4.69, 9.17) is 6.52 Å². The molecule has 0 aromatic carbocycles. The number of amides is 1. The first-order chi connectivity index (χ1) is 6.53. The molecule has 1 amide bonds. The molecular weight excluding hydrogens is 193 g/mol. The van der Waals surface area contributed by atoms with E-state index in [9.17, 15) is 9.59 Å². The normalized spacial score (nSPS) is 11.4. The maximum atomic E-state index is 10.7. The van der Waals surface area contributed by atoms with Gasteiger partial charge in [-0.05, 0) is 16.1 Å². The third-order valence-electron chi connectivity index (χ3n) is 1.31. The second-order valence-electron chi connectivity index (χ2n) is 2.06. The number of carbonyl (C=O) groups excluding carboxylic acids is 1. The Balaban J connectivity index is 0. The van der Waals surface area contributed by atoms with E-state index >= 15 is 0 Å². The number of rotatable bonds is 4. The maximum absolute atomic E-state index is 10.7. The number of nitrogens with one attached hydrogen (secondary N) is 3. The van der Waals surface area contributed by atoms with Gasteiger partial charge in [-0.25, -0.2) is 0 Å². The molecule has 0 aliphatic carbocycles. The number of carboxylic acids is 1. The molecule has 0 heterocycles. The van der Waals surface area contributed by atoms with Gasteiger partial charge < -0.3 is 15.7 Å². The van der Waals surface area contributed by atoms with Crippen molar-refractivity contribution in [3.05, 3.63) is 0 Å². The van der Waals surface area contributed by atoms with E-state index in [2.05, 4.69) is 24.8 Å². The Morgan fingerprint density at radius 3 is 2.38 bits per heavy atom. The van der Waals surface area contributed by atoms with Crippen molar-refractivity contribution >= 4 is 20.9 Å². The molecule has 0 spiro atoms. The summed E-state index contributed by atoms with van der Waals surface area (Å²) in [4.78, 5) is 21.0. The number of hydrogen-bond donors (Lipinski definition) is 4. The third-order valence-corrected chi connectivity index (χ3v) is 1.31. The molecule has 0 radical (unpaired) electrons. The molecule has 1 atom stereocenters. The lowest BCUT2D eigenvalue weighted by Crippen LogP contribution is -2.38. The van der Waals surface area contributed by atoms with Crippen LogP contribution in [0.15, 0.2) is 0 Å². The first-order valence-electron chi connectivity index (χ1n) is 3.89. The molecule has 6 nitrogen and oxygen atoms in total. The van der Waals surface area contributed by atoms with Crippen LogP contribution >= 0.6 is 9.03 Å². The van der Waals surface area contributed by atoms with Gasteiger partial charge in [0.15, 0.2) is 1.41 Å². The fraction of sp³-hybridized carbons (Fsp3) is 0.667. The standard InChI is InChI=1S/C6H12N2O3.H2NP/c1-7-4(6(10)11)3-5(9)8-2;1-2/h4,7H,3H2,1-2H3,(H,8,9)(H,10,11);1-2H/i/hD. The van der Waals surface area contributed by atoms with Crippen molar-refractivity contribution in [2.45, 2.75) is 12.5 Å². The third kappa shape index (κ3) is 7.36. The van der Waals surface area contributed by atoms with Gasteiger partial charge in [0.2, 0.25) is 5.91 Å². The van der Waals surface area contributed by atoms with Gasteiger partial charge in [0.05, 0.1) is 6.42 Å². The SMILES string of the molecule is CNC(=O)CC(NC)C(=O)O.[2H]N=P. The number of likely N-dealkylation sites (N-methyl/N-ethyl adjacent to an activating group) is 1. The smallest absolute Gasteiger partial charge is 0.321 e. The predicted octanol–water partition coefficient (Wildman–Crippen LogP) is -0.313. The van der Waals surface area contributed by atoms with E-state index < -0.39 is 12.0 Å². The van der Waals surface area contributed by atoms with Gasteiger partial charge in [0.1, 0.15) is 6.04 Å². The Hall–Kier alpha value is -1.00. The van der Waals surface area contributed by atoms with E-state index in [1.807, 2.05) is 0 Å². The van der Waals surface area contributed by atoms with Crippen molar-refractivity contribution in [3.63, 3.8) is 0 Å². The van der Waals surface area contributed by atoms with Crippen LogP contribution in [0.1, 0.15) is 6.42 Å². The van der Waals surface area contributed by atoms with Crippen molar-refractivity contribution in [2.24, 2.45) is 0 Å². The average Bonchev–Trinajstić information content (AvgIpc) is 2.14. The van der Waals surface area contributed by atoms with Crippen molar-refractivity contribution < 1.29 is 16.1 Å². The van der Waals surface area contributed by atoms with Crippen molar-refractivity contribution in [1.82, 2.24) is 10.6 Å². The Kier molecular flexibility index (Phi) is 8.39. The van der Waals surface area contributed by atoms with E-state index in [0.717, 1.165) is 0 Å². The van der Waals surface area contributed by atoms with E-state index in [1.54, 1.807) is 0 Å². The fourth-order valence-corrected chi connectivity index (χ4v) is 0.600. The molecule has 0 bridgehead atoms. The minimum atomic E-state index is -1.02. The largest absolute Gasteiger partial charge is 0.480 e. The molecule has 0 aromatic rings. The summed E-state index contributed by atoms with van der Waals surface area (Å²) < 4.78 is 5.75. The summed E-state index contributed by atoms with van der Waals surface area (Å²) in [6.45, 7) is 0. The second-order valence-corrected chi connectivity index (χ2v) is 2.06. The lowest BCUT2D eigenvalue weighted by atomic mass is 10.2. The zero-order valence-corrected chi connectivity index (χ0v) is 8.50. The van der Waals surface area contributed by atoms with Gasteiger partial charge in [-0.3, -0.25) is 14.7 Å². The van der Waals surface area contributed by atoms with Crippen LogP contribution in [-0.4, -0.2) is 37.1 Å². The van der Waals surface area contributed by atoms with E-state index in [0.29, 0.717) is 0 Å². The predicted molar refractivity (Wildman–Crippen MR) is 50.2 cm³/mol. The highest BCUT2D eigenvalue weighted by atomic mass is 31.0. The Labute approximate surface area is 80.3 Å². The van der Waals surface area contributed by atoms with Crippen LogP contribution in [0.25, 0.3) is 0 Å². The van der Waals surface area contributed by atoms with Crippen LogP contribution in [0.2, 0.25) is 1.41 Å². The molecule has 13 heavy (non-hydrogen) atoms. The summed E-state index contributed by atoms with van der Waals surface area (Å²) in [6.07, 6.45) is -0.0394. The van der Waals surface area contributed by atoms with Crippen molar-refractivity contribution in [2.75, 3.05) is 14.1 Å². The molecule has 7 heteroatoms. The van der Waals surface area contributed by atoms with Gasteiger partial charge in [-0.15, -0.1) is 0 Å². The molecule has 0 aromatic heterocycles. The lowest BCUT2D eigenvalue weighted by molar-refractivity contribution is -0.141. The first-order valence-corrected chi connectivity index (χ1v) is 3.89. The molecule has 0 saturated carbocycles. The molecule has 0 aliphatic rings. The van der Waals surface area contributed by atoms with Gasteiger partial charge in [-0.1, -0.05) is 0 Å². The van der Waals surface area contributed by atoms with Crippen LogP contribution in [-0.2, 0) is 9.59 Å². The van der Waals surface area contributed by atoms with Crippen LogP contribution in [0, 0.1) is 5.15 Å². The highest BCUT2D eigenvalue weighted by molar-refractivity contribution is 7.02. The summed E-state index contributed by atoms with van der Waals surface area (Å²) in [5, 5.41) is 15.9. The zero-order valence-electron chi connectivity index (χ0n) is 8.50. The summed E-state index contributed by atoms with van der Waals surface area (Å²) in [7, 11) is 5.45. The summed E-state index contributed by atoms with van der Waals surface area (Å²) in [5.74, 6) is -1.30. The van der Waals surface area contributed by atoms with Gasteiger partial charge in [-0.2, -0.15) is 0 Å². The minimum Gasteiger partial charge on any atom is -0.480 e. The Bertz CT molecular complexity index is 203. The molecule has 0 saturated heterocycles. The zero-order chi connectivity index (χ0) is 11.6. The number of hydrogen-bond acceptors (Lipinski definition) is 4. The fourth-order valence-electron chi connectivity index (χ4n) is 0.600. The van der Waals surface area contributed by atoms with Crippen LogP contribution < -0.4 is 10.6 Å². The van der Waals surface area contributed by atoms with Crippen LogP contribution in [0.4, 0.5) is 0 Å². The summed E-state index contributed by atoms with van der Waals surface area (Å²) in [6, 6.07) is -0.796. The van der Waals surface area contributed by atoms with Crippen molar-refractivity contribution in [3.8, 4) is 0 Å². The van der Waals surface area contributed by atoms with Gasteiger partial charge in [0, 0.05) is 7.05 Å². The summed E-state index contributed by atoms with van der Waals surface area (Å²) in [5.41, 5.74) is 0. The Morgan fingerprint density at radius 2 is 2.15 bits per heavy atom. The minimum absolute atomic E-state index is 0.0394. The first kappa shape index (κ1) is 12.0. The average molecular weight is 208 g/mol. The maximum Gasteiger partial charge on any atom is 0.321 e. The second kappa shape index (κ2) is 9.09. The highest BCUT2D eigenvalue weighted by Crippen LogP contribution is 1.90. The molecule has 0 rings (SSSR count). The molecule has 76 valence electrons. The number of aliphatic carboxylic acids is 1. The van der Waals surface area contributed by atoms with E-state index in [-0.39, 0.29) is 12.3 Å². The molecule has 1 unspecified atom stereocenters. The molecule has 0 aliphatic heterocycles. The lowest BCUT2D eigenvalue weighted by Gasteiger charge is -2.08. The number of carboxylic acid groups (broad SMARTS) is 1. The van der Waals surface area contributed by atoms with Crippen LogP contribution in [0.3, 0.4) is 0 Å². The molecule has 0 fully saturated rings. The topological polar surface area (TPSA) is 102 Å². The summed E-state index contributed by atoms with van der Waals surface area (Å²) >= 11 is 0. The van der Waals surface area contributed by atoms with Gasteiger partial charge >= 0.3 is 5.97 Å². The van der Waals surface area contributed by atoms with E-state index in [1.165, 1.54) is 14.1 Å². The highest BCUT2D eigenvalue weighted by Gasteiger charge is 2.17. The number of carbonyl (C=O) groups is 2. The molecule has 4 N–H and O–H groups in total. The quantitative estimate of drug-likeness (QED) is 0.476. The Morgan fingerprint density at radius 1 is 1.69 bits per heavy atom.